The summed E-state index contributed by atoms with van der Waals surface area (Å²) in [5.41, 5.74) is 0. The van der Waals surface area contributed by atoms with Crippen LogP contribution in [0.5, 0.6) is 0 Å². The molecule has 1 aromatic rings. The van der Waals surface area contributed by atoms with Crippen LogP contribution >= 0.6 is 0 Å². The molecule has 0 radical (unpaired) electrons. The third-order valence-electron chi connectivity index (χ3n) is 3.24. The van der Waals surface area contributed by atoms with E-state index in [1.54, 1.807) is 0 Å². The fourth-order valence-electron chi connectivity index (χ4n) is 2.08. The van der Waals surface area contributed by atoms with Crippen molar-refractivity contribution < 1.29 is 5.11 Å². The normalized spacial score (nSPS) is 22.5. The van der Waals surface area contributed by atoms with E-state index in [0.717, 1.165) is 31.2 Å². The minimum atomic E-state index is 0.247. The summed E-state index contributed by atoms with van der Waals surface area (Å²) in [7, 11) is 1.98. The quantitative estimate of drug-likeness (QED) is 0.767. The Morgan fingerprint density at radius 1 is 1.47 bits per heavy atom. The average Bonchev–Trinajstić information content (AvgIpc) is 2.80. The third kappa shape index (κ3) is 2.03. The predicted octanol–water partition coefficient (Wildman–Crippen LogP) is 0.0802. The standard InChI is InChI=1S/C10H18N4O/c1-8-11-12-10(13(8)2)6-14-5-3-4-9(14)7-15/h9,15H,3-7H2,1-2H3. The molecule has 1 aliphatic rings. The molecule has 5 heteroatoms. The number of hydrogen-bond acceptors (Lipinski definition) is 4. The van der Waals surface area contributed by atoms with E-state index in [1.807, 2.05) is 18.5 Å². The van der Waals surface area contributed by atoms with Crippen molar-refractivity contribution in [1.29, 1.82) is 0 Å². The lowest BCUT2D eigenvalue weighted by Crippen LogP contribution is -2.32. The molecule has 0 bridgehead atoms. The zero-order valence-electron chi connectivity index (χ0n) is 9.35. The van der Waals surface area contributed by atoms with Gasteiger partial charge in [-0.3, -0.25) is 4.90 Å². The van der Waals surface area contributed by atoms with Gasteiger partial charge in [0.05, 0.1) is 13.2 Å². The number of rotatable bonds is 3. The van der Waals surface area contributed by atoms with Gasteiger partial charge in [-0.25, -0.2) is 0 Å². The molecule has 0 saturated carbocycles. The number of likely N-dealkylation sites (tertiary alicyclic amines) is 1. The first kappa shape index (κ1) is 10.6. The first-order valence-corrected chi connectivity index (χ1v) is 5.42. The van der Waals surface area contributed by atoms with E-state index in [0.29, 0.717) is 6.04 Å². The molecule has 0 spiro atoms. The minimum Gasteiger partial charge on any atom is -0.395 e. The van der Waals surface area contributed by atoms with Crippen molar-refractivity contribution >= 4 is 0 Å². The second-order valence-electron chi connectivity index (χ2n) is 4.17. The number of aryl methyl sites for hydroxylation is 1. The Bertz CT molecular complexity index is 336. The smallest absolute Gasteiger partial charge is 0.146 e. The Labute approximate surface area is 89.7 Å². The summed E-state index contributed by atoms with van der Waals surface area (Å²) in [5, 5.41) is 17.4. The van der Waals surface area contributed by atoms with E-state index in [9.17, 15) is 5.11 Å². The lowest BCUT2D eigenvalue weighted by Gasteiger charge is -2.21. The second kappa shape index (κ2) is 4.28. The van der Waals surface area contributed by atoms with E-state index in [-0.39, 0.29) is 6.61 Å². The Kier molecular flexibility index (Phi) is 3.02. The van der Waals surface area contributed by atoms with Crippen molar-refractivity contribution in [2.24, 2.45) is 7.05 Å². The van der Waals surface area contributed by atoms with Crippen LogP contribution in [0.3, 0.4) is 0 Å². The number of aliphatic hydroxyl groups excluding tert-OH is 1. The fraction of sp³-hybridized carbons (Fsp3) is 0.800. The van der Waals surface area contributed by atoms with Crippen molar-refractivity contribution in [3.05, 3.63) is 11.6 Å². The van der Waals surface area contributed by atoms with Gasteiger partial charge in [0.2, 0.25) is 0 Å². The van der Waals surface area contributed by atoms with Gasteiger partial charge in [0, 0.05) is 13.1 Å². The molecule has 2 rings (SSSR count). The molecule has 1 N–H and O–H groups in total. The van der Waals surface area contributed by atoms with Gasteiger partial charge in [0.15, 0.2) is 0 Å². The van der Waals surface area contributed by atoms with Crippen LogP contribution in [-0.4, -0.2) is 44.0 Å². The van der Waals surface area contributed by atoms with Gasteiger partial charge in [-0.2, -0.15) is 0 Å². The maximum Gasteiger partial charge on any atom is 0.146 e. The van der Waals surface area contributed by atoms with Gasteiger partial charge in [0.1, 0.15) is 11.6 Å². The highest BCUT2D eigenvalue weighted by Crippen LogP contribution is 2.18. The van der Waals surface area contributed by atoms with Crippen molar-refractivity contribution in [2.45, 2.75) is 32.4 Å². The molecule has 0 amide bonds. The maximum absolute atomic E-state index is 9.20. The molecule has 15 heavy (non-hydrogen) atoms. The van der Waals surface area contributed by atoms with E-state index in [4.69, 9.17) is 0 Å². The van der Waals surface area contributed by atoms with Crippen molar-refractivity contribution in [1.82, 2.24) is 19.7 Å². The highest BCUT2D eigenvalue weighted by atomic mass is 16.3. The van der Waals surface area contributed by atoms with Crippen LogP contribution in [0.1, 0.15) is 24.5 Å². The van der Waals surface area contributed by atoms with Crippen LogP contribution in [0, 0.1) is 6.92 Å². The van der Waals surface area contributed by atoms with Crippen LogP contribution in [-0.2, 0) is 13.6 Å². The van der Waals surface area contributed by atoms with E-state index >= 15 is 0 Å². The molecule has 5 nitrogen and oxygen atoms in total. The molecule has 1 fully saturated rings. The van der Waals surface area contributed by atoms with Crippen molar-refractivity contribution in [3.63, 3.8) is 0 Å². The highest BCUT2D eigenvalue weighted by molar-refractivity contribution is 4.94. The lowest BCUT2D eigenvalue weighted by atomic mass is 10.2. The number of nitrogens with zero attached hydrogens (tertiary/aromatic N) is 4. The van der Waals surface area contributed by atoms with Gasteiger partial charge in [-0.1, -0.05) is 0 Å². The minimum absolute atomic E-state index is 0.247. The molecule has 1 aliphatic heterocycles. The van der Waals surface area contributed by atoms with Gasteiger partial charge >= 0.3 is 0 Å². The van der Waals surface area contributed by atoms with Gasteiger partial charge < -0.3 is 9.67 Å². The molecule has 0 aromatic carbocycles. The summed E-state index contributed by atoms with van der Waals surface area (Å²) >= 11 is 0. The Hall–Kier alpha value is -0.940. The maximum atomic E-state index is 9.20. The molecular weight excluding hydrogens is 192 g/mol. The summed E-state index contributed by atoms with van der Waals surface area (Å²) in [5.74, 6) is 1.91. The summed E-state index contributed by atoms with van der Waals surface area (Å²) < 4.78 is 2.01. The summed E-state index contributed by atoms with van der Waals surface area (Å²) in [4.78, 5) is 2.28. The van der Waals surface area contributed by atoms with Crippen LogP contribution in [0.4, 0.5) is 0 Å². The molecule has 0 aliphatic carbocycles. The van der Waals surface area contributed by atoms with Crippen LogP contribution in [0.15, 0.2) is 0 Å². The predicted molar refractivity (Wildman–Crippen MR) is 56.3 cm³/mol. The molecule has 84 valence electrons. The van der Waals surface area contributed by atoms with Gasteiger partial charge in [-0.15, -0.1) is 10.2 Å². The molecule has 1 aromatic heterocycles. The topological polar surface area (TPSA) is 54.2 Å². The van der Waals surface area contributed by atoms with Crippen molar-refractivity contribution in [3.8, 4) is 0 Å². The summed E-state index contributed by atoms with van der Waals surface area (Å²) in [6, 6.07) is 0.307. The zero-order chi connectivity index (χ0) is 10.8. The number of hydrogen-bond donors (Lipinski definition) is 1. The van der Waals surface area contributed by atoms with Gasteiger partial charge in [-0.05, 0) is 26.3 Å². The molecule has 2 heterocycles. The largest absolute Gasteiger partial charge is 0.395 e. The van der Waals surface area contributed by atoms with Crippen LogP contribution in [0.25, 0.3) is 0 Å². The average molecular weight is 210 g/mol. The van der Waals surface area contributed by atoms with Crippen LogP contribution < -0.4 is 0 Å². The summed E-state index contributed by atoms with van der Waals surface area (Å²) in [6.07, 6.45) is 2.26. The molecule has 1 saturated heterocycles. The van der Waals surface area contributed by atoms with Gasteiger partial charge in [0.25, 0.3) is 0 Å². The fourth-order valence-corrected chi connectivity index (χ4v) is 2.08. The highest BCUT2D eigenvalue weighted by Gasteiger charge is 2.24. The Balaban J connectivity index is 2.05. The molecule has 1 unspecified atom stereocenters. The van der Waals surface area contributed by atoms with Crippen LogP contribution in [0.2, 0.25) is 0 Å². The Morgan fingerprint density at radius 3 is 2.87 bits per heavy atom. The van der Waals surface area contributed by atoms with E-state index in [1.165, 1.54) is 6.42 Å². The molecular formula is C10H18N4O. The Morgan fingerprint density at radius 2 is 2.27 bits per heavy atom. The summed E-state index contributed by atoms with van der Waals surface area (Å²) in [6.45, 7) is 4.04. The second-order valence-corrected chi connectivity index (χ2v) is 4.17. The number of aliphatic hydroxyl groups is 1. The zero-order valence-corrected chi connectivity index (χ0v) is 9.35. The van der Waals surface area contributed by atoms with E-state index in [2.05, 4.69) is 15.1 Å². The monoisotopic (exact) mass is 210 g/mol. The number of aromatic nitrogens is 3. The SMILES string of the molecule is Cc1nnc(CN2CCCC2CO)n1C. The van der Waals surface area contributed by atoms with E-state index < -0.39 is 0 Å². The molecule has 1 atom stereocenters. The van der Waals surface area contributed by atoms with Crippen molar-refractivity contribution in [2.75, 3.05) is 13.2 Å². The third-order valence-corrected chi connectivity index (χ3v) is 3.24. The lowest BCUT2D eigenvalue weighted by molar-refractivity contribution is 0.150. The first-order valence-electron chi connectivity index (χ1n) is 5.42. The first-order chi connectivity index (χ1) is 7.22.